The fourth-order valence-corrected chi connectivity index (χ4v) is 3.04. The van der Waals surface area contributed by atoms with Crippen LogP contribution in [0.1, 0.15) is 0 Å². The summed E-state index contributed by atoms with van der Waals surface area (Å²) in [6.07, 6.45) is -0.437. The molecule has 0 spiro atoms. The van der Waals surface area contributed by atoms with Crippen molar-refractivity contribution in [2.45, 2.75) is 4.90 Å². The molecule has 3 aromatic rings. The van der Waals surface area contributed by atoms with Crippen molar-refractivity contribution >= 4 is 27.0 Å². The first-order chi connectivity index (χ1) is 10.1. The van der Waals surface area contributed by atoms with Crippen molar-refractivity contribution in [3.8, 4) is 5.75 Å². The van der Waals surface area contributed by atoms with Crippen LogP contribution in [0.15, 0.2) is 65.7 Å². The van der Waals surface area contributed by atoms with Crippen molar-refractivity contribution in [2.24, 2.45) is 0 Å². The number of para-hydroxylation sites is 1. The summed E-state index contributed by atoms with van der Waals surface area (Å²) in [5.74, 6) is 0.289. The summed E-state index contributed by atoms with van der Waals surface area (Å²) in [7, 11) is -3.96. The maximum atomic E-state index is 12.2. The lowest BCUT2D eigenvalue weighted by molar-refractivity contribution is 0.437. The zero-order valence-electron chi connectivity index (χ0n) is 10.9. The van der Waals surface area contributed by atoms with E-state index in [2.05, 4.69) is 4.98 Å². The highest BCUT2D eigenvalue weighted by Gasteiger charge is 2.37. The summed E-state index contributed by atoms with van der Waals surface area (Å²) in [6, 6.07) is 15.0. The summed E-state index contributed by atoms with van der Waals surface area (Å²) in [4.78, 5) is 2.97. The number of fused-ring (bicyclic) bond motifs is 1. The second kappa shape index (κ2) is 5.27. The summed E-state index contributed by atoms with van der Waals surface area (Å²) in [5.41, 5.74) is 0.803. The van der Waals surface area contributed by atoms with Crippen LogP contribution in [0, 0.1) is 0 Å². The van der Waals surface area contributed by atoms with E-state index in [0.717, 1.165) is 5.52 Å². The standard InChI is InChI=1S/C14H12BNO4S/c17-15(21(18,19)11-6-2-1-3-7-11)20-14-10-16-13-9-5-4-8-12(13)14/h1-10,16-17H. The number of aromatic nitrogens is 1. The third-order valence-electron chi connectivity index (χ3n) is 3.12. The Labute approximate surface area is 122 Å². The van der Waals surface area contributed by atoms with Crippen molar-refractivity contribution in [1.82, 2.24) is 4.98 Å². The molecular weight excluding hydrogens is 289 g/mol. The third-order valence-corrected chi connectivity index (χ3v) is 4.67. The molecule has 0 amide bonds. The number of hydrogen-bond donors (Lipinski definition) is 2. The summed E-state index contributed by atoms with van der Waals surface area (Å²) in [6.45, 7) is 0. The van der Waals surface area contributed by atoms with Gasteiger partial charge in [-0.25, -0.2) is 8.42 Å². The lowest BCUT2D eigenvalue weighted by Gasteiger charge is -2.09. The monoisotopic (exact) mass is 301 g/mol. The van der Waals surface area contributed by atoms with Crippen LogP contribution in [0.3, 0.4) is 0 Å². The highest BCUT2D eigenvalue weighted by atomic mass is 32.2. The minimum absolute atomic E-state index is 0.0114. The van der Waals surface area contributed by atoms with E-state index in [1.165, 1.54) is 18.3 Å². The van der Waals surface area contributed by atoms with Crippen molar-refractivity contribution in [1.29, 1.82) is 0 Å². The first-order valence-corrected chi connectivity index (χ1v) is 7.83. The Morgan fingerprint density at radius 1 is 1.00 bits per heavy atom. The zero-order chi connectivity index (χ0) is 14.9. The summed E-state index contributed by atoms with van der Waals surface area (Å²) in [5, 5.41) is 10.6. The van der Waals surface area contributed by atoms with Gasteiger partial charge in [-0.2, -0.15) is 0 Å². The minimum Gasteiger partial charge on any atom is -0.522 e. The fourth-order valence-electron chi connectivity index (χ4n) is 2.04. The predicted molar refractivity (Wildman–Crippen MR) is 80.5 cm³/mol. The molecular formula is C14H12BNO4S. The van der Waals surface area contributed by atoms with Gasteiger partial charge in [0.05, 0.1) is 4.90 Å². The zero-order valence-corrected chi connectivity index (χ0v) is 11.7. The molecule has 0 aliphatic carbocycles. The highest BCUT2D eigenvalue weighted by molar-refractivity contribution is 8.16. The smallest absolute Gasteiger partial charge is 0.522 e. The van der Waals surface area contributed by atoms with Crippen LogP contribution >= 0.6 is 0 Å². The molecule has 5 nitrogen and oxygen atoms in total. The normalized spacial score (nSPS) is 11.5. The van der Waals surface area contributed by atoms with E-state index < -0.39 is 16.1 Å². The van der Waals surface area contributed by atoms with E-state index in [-0.39, 0.29) is 10.6 Å². The fraction of sp³-hybridized carbons (Fsp3) is 0. The van der Waals surface area contributed by atoms with Crippen LogP contribution in [-0.4, -0.2) is 24.8 Å². The van der Waals surface area contributed by atoms with Crippen LogP contribution in [-0.2, 0) is 9.69 Å². The first-order valence-electron chi connectivity index (χ1n) is 6.29. The molecule has 0 saturated heterocycles. The van der Waals surface area contributed by atoms with Crippen LogP contribution in [0.25, 0.3) is 10.9 Å². The van der Waals surface area contributed by atoms with Gasteiger partial charge in [-0.1, -0.05) is 30.3 Å². The molecule has 21 heavy (non-hydrogen) atoms. The molecule has 2 aromatic carbocycles. The molecule has 106 valence electrons. The van der Waals surface area contributed by atoms with Gasteiger partial charge in [0.25, 0.3) is 0 Å². The van der Waals surface area contributed by atoms with Gasteiger partial charge >= 0.3 is 6.40 Å². The van der Waals surface area contributed by atoms with Crippen molar-refractivity contribution in [3.05, 3.63) is 60.8 Å². The first kappa shape index (κ1) is 13.7. The van der Waals surface area contributed by atoms with Gasteiger partial charge in [-0.05, 0) is 24.3 Å². The Morgan fingerprint density at radius 3 is 2.43 bits per heavy atom. The lowest BCUT2D eigenvalue weighted by Crippen LogP contribution is -2.33. The molecule has 7 heteroatoms. The van der Waals surface area contributed by atoms with Crippen molar-refractivity contribution in [3.63, 3.8) is 0 Å². The van der Waals surface area contributed by atoms with E-state index in [1.807, 2.05) is 12.1 Å². The number of rotatable bonds is 4. The molecule has 1 aromatic heterocycles. The number of H-pyrrole nitrogens is 1. The summed E-state index contributed by atoms with van der Waals surface area (Å²) < 4.78 is 29.6. The summed E-state index contributed by atoms with van der Waals surface area (Å²) >= 11 is 0. The minimum atomic E-state index is -3.96. The Morgan fingerprint density at radius 2 is 1.67 bits per heavy atom. The van der Waals surface area contributed by atoms with Crippen molar-refractivity contribution in [2.75, 3.05) is 0 Å². The van der Waals surface area contributed by atoms with Gasteiger partial charge < -0.3 is 14.7 Å². The van der Waals surface area contributed by atoms with Gasteiger partial charge in [-0.3, -0.25) is 0 Å². The largest absolute Gasteiger partial charge is 0.668 e. The Hall–Kier alpha value is -2.25. The van der Waals surface area contributed by atoms with E-state index in [1.54, 1.807) is 30.3 Å². The van der Waals surface area contributed by atoms with Crippen LogP contribution in [0.5, 0.6) is 5.75 Å². The molecule has 1 heterocycles. The SMILES string of the molecule is O=S(=O)(B(O)Oc1c[nH]c2ccccc12)c1ccccc1. The van der Waals surface area contributed by atoms with Gasteiger partial charge in [0, 0.05) is 17.1 Å². The number of aromatic amines is 1. The van der Waals surface area contributed by atoms with Crippen LogP contribution in [0.4, 0.5) is 0 Å². The van der Waals surface area contributed by atoms with Crippen molar-refractivity contribution < 1.29 is 18.1 Å². The van der Waals surface area contributed by atoms with Gasteiger partial charge in [0.15, 0.2) is 0 Å². The molecule has 0 bridgehead atoms. The number of nitrogens with one attached hydrogen (secondary N) is 1. The third kappa shape index (κ3) is 2.53. The quantitative estimate of drug-likeness (QED) is 0.722. The van der Waals surface area contributed by atoms with E-state index in [0.29, 0.717) is 5.39 Å². The van der Waals surface area contributed by atoms with E-state index in [9.17, 15) is 13.4 Å². The van der Waals surface area contributed by atoms with E-state index in [4.69, 9.17) is 4.65 Å². The molecule has 0 aliphatic rings. The predicted octanol–water partition coefficient (Wildman–Crippen LogP) is 2.00. The topological polar surface area (TPSA) is 79.4 Å². The highest BCUT2D eigenvalue weighted by Crippen LogP contribution is 2.26. The maximum absolute atomic E-state index is 12.2. The molecule has 0 radical (unpaired) electrons. The molecule has 2 N–H and O–H groups in total. The van der Waals surface area contributed by atoms with Gasteiger partial charge in [-0.15, -0.1) is 0 Å². The Bertz CT molecular complexity index is 861. The van der Waals surface area contributed by atoms with Crippen LogP contribution < -0.4 is 4.65 Å². The van der Waals surface area contributed by atoms with Gasteiger partial charge in [0.1, 0.15) is 5.75 Å². The average molecular weight is 301 g/mol. The number of hydrogen-bond acceptors (Lipinski definition) is 4. The molecule has 0 unspecified atom stereocenters. The Kier molecular flexibility index (Phi) is 3.44. The number of benzene rings is 2. The second-order valence-corrected chi connectivity index (χ2v) is 6.45. The Balaban J connectivity index is 1.91. The molecule has 0 saturated carbocycles. The molecule has 0 fully saturated rings. The maximum Gasteiger partial charge on any atom is 0.668 e. The molecule has 3 rings (SSSR count). The average Bonchev–Trinajstić information content (AvgIpc) is 2.91. The molecule has 0 aliphatic heterocycles. The van der Waals surface area contributed by atoms with Gasteiger partial charge in [0.2, 0.25) is 9.69 Å². The second-order valence-electron chi connectivity index (χ2n) is 4.48. The van der Waals surface area contributed by atoms with Crippen LogP contribution in [0.2, 0.25) is 0 Å². The lowest BCUT2D eigenvalue weighted by atomic mass is 10.2. The molecule has 0 atom stereocenters. The van der Waals surface area contributed by atoms with E-state index >= 15 is 0 Å².